The third-order valence-electron chi connectivity index (χ3n) is 4.12. The molecule has 7 nitrogen and oxygen atoms in total. The molecule has 29 heavy (non-hydrogen) atoms. The molecule has 0 radical (unpaired) electrons. The molecule has 0 aliphatic rings. The molecular formula is C21H26N2O5S. The highest BCUT2D eigenvalue weighted by Gasteiger charge is 2.15. The zero-order valence-corrected chi connectivity index (χ0v) is 17.9. The standard InChI is InChI=1S/C21H26N2O5S/c1-5-10-28-18-8-6-15(12-19(18)27-4)21(26)23-22-20(25)9-7-17(24)16-11-13(2)29-14(16)3/h6,8,11-12H,5,7,9-10H2,1-4H3,(H,22,25)(H,23,26). The molecule has 1 aromatic heterocycles. The van der Waals surface area contributed by atoms with Gasteiger partial charge in [-0.1, -0.05) is 6.92 Å². The first kappa shape index (κ1) is 22.4. The van der Waals surface area contributed by atoms with Crippen LogP contribution in [0.3, 0.4) is 0 Å². The van der Waals surface area contributed by atoms with Crippen LogP contribution in [0.2, 0.25) is 0 Å². The fourth-order valence-electron chi connectivity index (χ4n) is 2.67. The minimum absolute atomic E-state index is 0.0133. The number of carbonyl (C=O) groups is 3. The van der Waals surface area contributed by atoms with E-state index < -0.39 is 11.8 Å². The Morgan fingerprint density at radius 3 is 2.41 bits per heavy atom. The molecule has 2 amide bonds. The van der Waals surface area contributed by atoms with Crippen LogP contribution < -0.4 is 20.3 Å². The molecule has 0 aliphatic carbocycles. The van der Waals surface area contributed by atoms with Crippen molar-refractivity contribution in [3.63, 3.8) is 0 Å². The number of hydrogen-bond donors (Lipinski definition) is 2. The van der Waals surface area contributed by atoms with E-state index in [0.29, 0.717) is 29.2 Å². The third-order valence-corrected chi connectivity index (χ3v) is 5.09. The minimum Gasteiger partial charge on any atom is -0.493 e. The van der Waals surface area contributed by atoms with Crippen molar-refractivity contribution >= 4 is 28.9 Å². The van der Waals surface area contributed by atoms with Crippen LogP contribution >= 0.6 is 11.3 Å². The highest BCUT2D eigenvalue weighted by molar-refractivity contribution is 7.12. The number of amides is 2. The second-order valence-corrected chi connectivity index (χ2v) is 7.93. The normalized spacial score (nSPS) is 10.3. The van der Waals surface area contributed by atoms with Crippen LogP contribution in [0.5, 0.6) is 11.5 Å². The van der Waals surface area contributed by atoms with Gasteiger partial charge in [-0.15, -0.1) is 11.3 Å². The van der Waals surface area contributed by atoms with E-state index in [1.807, 2.05) is 26.8 Å². The van der Waals surface area contributed by atoms with Gasteiger partial charge in [-0.25, -0.2) is 0 Å². The van der Waals surface area contributed by atoms with Gasteiger partial charge in [-0.3, -0.25) is 25.2 Å². The van der Waals surface area contributed by atoms with Crippen molar-refractivity contribution in [2.75, 3.05) is 13.7 Å². The van der Waals surface area contributed by atoms with Crippen LogP contribution in [0.1, 0.15) is 56.7 Å². The smallest absolute Gasteiger partial charge is 0.269 e. The van der Waals surface area contributed by atoms with Crippen LogP contribution in [0.15, 0.2) is 24.3 Å². The molecule has 0 bridgehead atoms. The van der Waals surface area contributed by atoms with Crippen molar-refractivity contribution in [1.29, 1.82) is 0 Å². The Morgan fingerprint density at radius 1 is 1.03 bits per heavy atom. The largest absolute Gasteiger partial charge is 0.493 e. The molecule has 1 aromatic carbocycles. The lowest BCUT2D eigenvalue weighted by molar-refractivity contribution is -0.121. The molecule has 0 spiro atoms. The summed E-state index contributed by atoms with van der Waals surface area (Å²) in [6.45, 7) is 6.36. The van der Waals surface area contributed by atoms with Gasteiger partial charge in [0.05, 0.1) is 13.7 Å². The first-order valence-corrected chi connectivity index (χ1v) is 10.2. The van der Waals surface area contributed by atoms with Crippen LogP contribution in [0, 0.1) is 13.8 Å². The SMILES string of the molecule is CCCOc1ccc(C(=O)NNC(=O)CCC(=O)c2cc(C)sc2C)cc1OC. The Balaban J connectivity index is 1.85. The van der Waals surface area contributed by atoms with Crippen LogP contribution in [0.25, 0.3) is 0 Å². The fraction of sp³-hybridized carbons (Fsp3) is 0.381. The van der Waals surface area contributed by atoms with E-state index in [0.717, 1.165) is 16.2 Å². The van der Waals surface area contributed by atoms with E-state index in [-0.39, 0.29) is 18.6 Å². The zero-order chi connectivity index (χ0) is 21.4. The summed E-state index contributed by atoms with van der Waals surface area (Å²) in [7, 11) is 1.49. The number of hydrogen-bond acceptors (Lipinski definition) is 6. The number of Topliss-reactive ketones (excluding diaryl/α,β-unsaturated/α-hetero) is 1. The molecule has 0 aliphatic heterocycles. The second-order valence-electron chi connectivity index (χ2n) is 6.47. The lowest BCUT2D eigenvalue weighted by Gasteiger charge is -2.12. The summed E-state index contributed by atoms with van der Waals surface area (Å²) in [5, 5.41) is 0. The molecule has 156 valence electrons. The van der Waals surface area contributed by atoms with Crippen LogP contribution in [0.4, 0.5) is 0 Å². The van der Waals surface area contributed by atoms with Crippen molar-refractivity contribution in [3.05, 3.63) is 45.1 Å². The van der Waals surface area contributed by atoms with Crippen molar-refractivity contribution in [3.8, 4) is 11.5 Å². The number of hydrazine groups is 1. The maximum absolute atomic E-state index is 12.3. The summed E-state index contributed by atoms with van der Waals surface area (Å²) in [5.74, 6) is -0.0296. The molecule has 2 rings (SSSR count). The maximum Gasteiger partial charge on any atom is 0.269 e. The van der Waals surface area contributed by atoms with Gasteiger partial charge in [0, 0.05) is 33.7 Å². The lowest BCUT2D eigenvalue weighted by atomic mass is 10.1. The number of methoxy groups -OCH3 is 1. The quantitative estimate of drug-likeness (QED) is 0.479. The van der Waals surface area contributed by atoms with Gasteiger partial charge in [0.1, 0.15) is 0 Å². The number of thiophene rings is 1. The minimum atomic E-state index is -0.491. The molecule has 0 atom stereocenters. The molecule has 2 N–H and O–H groups in total. The van der Waals surface area contributed by atoms with E-state index in [1.54, 1.807) is 23.5 Å². The first-order valence-electron chi connectivity index (χ1n) is 9.36. The average Bonchev–Trinajstić information content (AvgIpc) is 3.06. The zero-order valence-electron chi connectivity index (χ0n) is 17.1. The summed E-state index contributed by atoms with van der Waals surface area (Å²) in [4.78, 5) is 38.5. The van der Waals surface area contributed by atoms with Gasteiger partial charge in [-0.2, -0.15) is 0 Å². The van der Waals surface area contributed by atoms with Gasteiger partial charge in [0.15, 0.2) is 17.3 Å². The Bertz CT molecular complexity index is 891. The Kier molecular flexibility index (Phi) is 8.21. The number of carbonyl (C=O) groups excluding carboxylic acids is 3. The Hall–Kier alpha value is -2.87. The molecule has 0 saturated carbocycles. The number of aryl methyl sites for hydroxylation is 2. The lowest BCUT2D eigenvalue weighted by Crippen LogP contribution is -2.41. The van der Waals surface area contributed by atoms with Crippen molar-refractivity contribution in [1.82, 2.24) is 10.9 Å². The number of ether oxygens (including phenoxy) is 2. The highest BCUT2D eigenvalue weighted by Crippen LogP contribution is 2.28. The summed E-state index contributed by atoms with van der Waals surface area (Å²) >= 11 is 1.55. The van der Waals surface area contributed by atoms with E-state index in [2.05, 4.69) is 10.9 Å². The van der Waals surface area contributed by atoms with Crippen molar-refractivity contribution in [2.45, 2.75) is 40.0 Å². The summed E-state index contributed by atoms with van der Waals surface area (Å²) in [6, 6.07) is 6.61. The van der Waals surface area contributed by atoms with E-state index >= 15 is 0 Å². The van der Waals surface area contributed by atoms with Crippen LogP contribution in [-0.4, -0.2) is 31.3 Å². The molecule has 0 saturated heterocycles. The number of benzene rings is 1. The number of nitrogens with one attached hydrogen (secondary N) is 2. The van der Waals surface area contributed by atoms with E-state index in [9.17, 15) is 14.4 Å². The molecule has 0 unspecified atom stereocenters. The molecule has 8 heteroatoms. The predicted octanol–water partition coefficient (Wildman–Crippen LogP) is 3.59. The second kappa shape index (κ2) is 10.6. The third kappa shape index (κ3) is 6.32. The van der Waals surface area contributed by atoms with Crippen molar-refractivity contribution < 1.29 is 23.9 Å². The Labute approximate surface area is 174 Å². The summed E-state index contributed by atoms with van der Waals surface area (Å²) in [5.41, 5.74) is 5.65. The fourth-order valence-corrected chi connectivity index (χ4v) is 3.61. The molecular weight excluding hydrogens is 392 g/mol. The Morgan fingerprint density at radius 2 is 1.79 bits per heavy atom. The van der Waals surface area contributed by atoms with Gasteiger partial charge in [-0.05, 0) is 44.5 Å². The first-order chi connectivity index (χ1) is 13.8. The topological polar surface area (TPSA) is 93.7 Å². The van der Waals surface area contributed by atoms with Gasteiger partial charge < -0.3 is 9.47 Å². The van der Waals surface area contributed by atoms with E-state index in [4.69, 9.17) is 9.47 Å². The highest BCUT2D eigenvalue weighted by atomic mass is 32.1. The molecule has 2 aromatic rings. The number of rotatable bonds is 9. The van der Waals surface area contributed by atoms with Crippen molar-refractivity contribution in [2.24, 2.45) is 0 Å². The summed E-state index contributed by atoms with van der Waals surface area (Å²) in [6.07, 6.45) is 0.919. The van der Waals surface area contributed by atoms with E-state index in [1.165, 1.54) is 13.2 Å². The monoisotopic (exact) mass is 418 g/mol. The predicted molar refractivity (Wildman–Crippen MR) is 112 cm³/mol. The molecule has 1 heterocycles. The van der Waals surface area contributed by atoms with Gasteiger partial charge in [0.2, 0.25) is 5.91 Å². The average molecular weight is 419 g/mol. The number of ketones is 1. The van der Waals surface area contributed by atoms with Gasteiger partial charge in [0.25, 0.3) is 5.91 Å². The maximum atomic E-state index is 12.3. The van der Waals surface area contributed by atoms with Crippen LogP contribution in [-0.2, 0) is 4.79 Å². The molecule has 0 fully saturated rings. The van der Waals surface area contributed by atoms with Gasteiger partial charge >= 0.3 is 0 Å². The summed E-state index contributed by atoms with van der Waals surface area (Å²) < 4.78 is 10.8.